The summed E-state index contributed by atoms with van der Waals surface area (Å²) in [5.74, 6) is 0.654. The smallest absolute Gasteiger partial charge is 0.270 e. The minimum absolute atomic E-state index is 0.112. The fourth-order valence-electron chi connectivity index (χ4n) is 2.81. The van der Waals surface area contributed by atoms with E-state index in [1.54, 1.807) is 12.1 Å². The van der Waals surface area contributed by atoms with Crippen LogP contribution in [0.5, 0.6) is 0 Å². The number of non-ortho nitro benzene ring substituents is 1. The number of hydrogen-bond acceptors (Lipinski definition) is 6. The summed E-state index contributed by atoms with van der Waals surface area (Å²) in [4.78, 5) is 14.9. The Morgan fingerprint density at radius 3 is 2.81 bits per heavy atom. The molecule has 0 unspecified atom stereocenters. The number of fused-ring (bicyclic) bond motifs is 1. The van der Waals surface area contributed by atoms with Crippen LogP contribution in [0.1, 0.15) is 25.7 Å². The Balaban J connectivity index is 1.71. The highest BCUT2D eigenvalue weighted by Crippen LogP contribution is 2.32. The van der Waals surface area contributed by atoms with Crippen molar-refractivity contribution in [2.45, 2.75) is 31.7 Å². The summed E-state index contributed by atoms with van der Waals surface area (Å²) in [6, 6.07) is 5.23. The van der Waals surface area contributed by atoms with Gasteiger partial charge in [-0.15, -0.1) is 0 Å². The van der Waals surface area contributed by atoms with Gasteiger partial charge in [-0.3, -0.25) is 10.1 Å². The third kappa shape index (κ3) is 3.14. The van der Waals surface area contributed by atoms with Crippen molar-refractivity contribution in [1.82, 2.24) is 4.98 Å². The number of hydrogen-bond donors (Lipinski definition) is 2. The van der Waals surface area contributed by atoms with Gasteiger partial charge in [0.15, 0.2) is 5.13 Å². The van der Waals surface area contributed by atoms with E-state index in [1.807, 2.05) is 0 Å². The Hall–Kier alpha value is -1.73. The minimum Gasteiger partial charge on any atom is -0.359 e. The van der Waals surface area contributed by atoms with Gasteiger partial charge in [0.05, 0.1) is 15.1 Å². The summed E-state index contributed by atoms with van der Waals surface area (Å²) in [5, 5.41) is 15.1. The third-order valence-corrected chi connectivity index (χ3v) is 5.04. The van der Waals surface area contributed by atoms with E-state index in [4.69, 9.17) is 5.73 Å². The molecule has 21 heavy (non-hydrogen) atoms. The van der Waals surface area contributed by atoms with E-state index in [9.17, 15) is 10.1 Å². The first-order chi connectivity index (χ1) is 10.2. The van der Waals surface area contributed by atoms with Gasteiger partial charge in [-0.1, -0.05) is 11.3 Å². The van der Waals surface area contributed by atoms with Crippen molar-refractivity contribution in [2.75, 3.05) is 11.9 Å². The van der Waals surface area contributed by atoms with Crippen LogP contribution in [-0.4, -0.2) is 22.5 Å². The van der Waals surface area contributed by atoms with Crippen LogP contribution in [0.15, 0.2) is 18.2 Å². The average molecular weight is 306 g/mol. The van der Waals surface area contributed by atoms with E-state index in [0.717, 1.165) is 47.6 Å². The molecule has 1 saturated carbocycles. The van der Waals surface area contributed by atoms with Gasteiger partial charge in [-0.05, 0) is 44.2 Å². The number of nitro benzene ring substituents is 1. The Morgan fingerprint density at radius 2 is 2.14 bits per heavy atom. The standard InChI is InChI=1S/C14H18N4O2S/c15-8-9-1-3-10(4-2-9)16-14-17-12-6-5-11(18(19)20)7-13(12)21-14/h5-7,9-10H,1-4,8,15H2,(H,16,17). The fraction of sp³-hybridized carbons (Fsp3) is 0.500. The lowest BCUT2D eigenvalue weighted by molar-refractivity contribution is -0.384. The first kappa shape index (κ1) is 14.2. The van der Waals surface area contributed by atoms with Gasteiger partial charge in [0.2, 0.25) is 0 Å². The molecule has 0 spiro atoms. The summed E-state index contributed by atoms with van der Waals surface area (Å²) in [7, 11) is 0. The second-order valence-electron chi connectivity index (χ2n) is 5.53. The van der Waals surface area contributed by atoms with E-state index in [2.05, 4.69) is 10.3 Å². The lowest BCUT2D eigenvalue weighted by Gasteiger charge is -2.28. The molecule has 0 radical (unpaired) electrons. The zero-order chi connectivity index (χ0) is 14.8. The van der Waals surface area contributed by atoms with Crippen LogP contribution in [0.4, 0.5) is 10.8 Å². The monoisotopic (exact) mass is 306 g/mol. The third-order valence-electron chi connectivity index (χ3n) is 4.09. The molecule has 3 N–H and O–H groups in total. The average Bonchev–Trinajstić information content (AvgIpc) is 2.89. The molecule has 1 aliphatic carbocycles. The zero-order valence-electron chi connectivity index (χ0n) is 11.6. The summed E-state index contributed by atoms with van der Waals surface area (Å²) >= 11 is 1.48. The second kappa shape index (κ2) is 5.95. The first-order valence-corrected chi connectivity index (χ1v) is 7.99. The van der Waals surface area contributed by atoms with Gasteiger partial charge in [0, 0.05) is 18.2 Å². The molecular formula is C14H18N4O2S. The first-order valence-electron chi connectivity index (χ1n) is 7.17. The largest absolute Gasteiger partial charge is 0.359 e. The molecule has 0 amide bonds. The van der Waals surface area contributed by atoms with E-state index in [-0.39, 0.29) is 10.6 Å². The van der Waals surface area contributed by atoms with Crippen molar-refractivity contribution in [3.8, 4) is 0 Å². The van der Waals surface area contributed by atoms with Gasteiger partial charge in [-0.25, -0.2) is 4.98 Å². The van der Waals surface area contributed by atoms with Crippen LogP contribution in [0, 0.1) is 16.0 Å². The fourth-order valence-corrected chi connectivity index (χ4v) is 3.78. The van der Waals surface area contributed by atoms with Crippen LogP contribution in [0.3, 0.4) is 0 Å². The molecule has 6 nitrogen and oxygen atoms in total. The van der Waals surface area contributed by atoms with E-state index in [0.29, 0.717) is 12.0 Å². The molecule has 7 heteroatoms. The number of thiazole rings is 1. The quantitative estimate of drug-likeness (QED) is 0.668. The minimum atomic E-state index is -0.375. The highest BCUT2D eigenvalue weighted by Gasteiger charge is 2.21. The Bertz CT molecular complexity index is 649. The molecule has 1 heterocycles. The van der Waals surface area contributed by atoms with Gasteiger partial charge in [0.25, 0.3) is 5.69 Å². The summed E-state index contributed by atoms with van der Waals surface area (Å²) in [6.07, 6.45) is 4.53. The Morgan fingerprint density at radius 1 is 1.38 bits per heavy atom. The molecule has 0 aliphatic heterocycles. The Labute approximate surface area is 126 Å². The normalized spacial score (nSPS) is 22.3. The van der Waals surface area contributed by atoms with E-state index >= 15 is 0 Å². The highest BCUT2D eigenvalue weighted by molar-refractivity contribution is 7.22. The van der Waals surface area contributed by atoms with Crippen LogP contribution >= 0.6 is 11.3 Å². The van der Waals surface area contributed by atoms with Crippen LogP contribution in [-0.2, 0) is 0 Å². The SMILES string of the molecule is NCC1CCC(Nc2nc3ccc([N+](=O)[O-])cc3s2)CC1. The molecule has 0 saturated heterocycles. The van der Waals surface area contributed by atoms with Crippen LogP contribution in [0.25, 0.3) is 10.2 Å². The number of benzene rings is 1. The molecular weight excluding hydrogens is 288 g/mol. The van der Waals surface area contributed by atoms with Crippen LogP contribution in [0.2, 0.25) is 0 Å². The molecule has 3 rings (SSSR count). The predicted octanol–water partition coefficient (Wildman–Crippen LogP) is 3.13. The number of rotatable bonds is 4. The second-order valence-corrected chi connectivity index (χ2v) is 6.56. The molecule has 0 atom stereocenters. The topological polar surface area (TPSA) is 94.1 Å². The molecule has 1 aliphatic rings. The maximum Gasteiger partial charge on any atom is 0.270 e. The molecule has 2 aromatic rings. The molecule has 1 fully saturated rings. The Kier molecular flexibility index (Phi) is 4.03. The maximum absolute atomic E-state index is 10.8. The van der Waals surface area contributed by atoms with Crippen molar-refractivity contribution in [1.29, 1.82) is 0 Å². The van der Waals surface area contributed by atoms with Crippen molar-refractivity contribution >= 4 is 32.4 Å². The van der Waals surface area contributed by atoms with Crippen molar-refractivity contribution < 1.29 is 4.92 Å². The molecule has 1 aromatic heterocycles. The number of nitrogens with two attached hydrogens (primary N) is 1. The molecule has 1 aromatic carbocycles. The number of anilines is 1. The van der Waals surface area contributed by atoms with Gasteiger partial charge in [-0.2, -0.15) is 0 Å². The summed E-state index contributed by atoms with van der Waals surface area (Å²) in [5.41, 5.74) is 6.63. The van der Waals surface area contributed by atoms with Gasteiger partial charge in [0.1, 0.15) is 0 Å². The van der Waals surface area contributed by atoms with Gasteiger partial charge >= 0.3 is 0 Å². The van der Waals surface area contributed by atoms with Crippen molar-refractivity contribution in [2.24, 2.45) is 11.7 Å². The van der Waals surface area contributed by atoms with E-state index < -0.39 is 0 Å². The molecule has 0 bridgehead atoms. The predicted molar refractivity (Wildman–Crippen MR) is 84.7 cm³/mol. The summed E-state index contributed by atoms with van der Waals surface area (Å²) in [6.45, 7) is 0.775. The zero-order valence-corrected chi connectivity index (χ0v) is 12.4. The number of nitro groups is 1. The number of aromatic nitrogens is 1. The van der Waals surface area contributed by atoms with Gasteiger partial charge < -0.3 is 11.1 Å². The number of nitrogens with zero attached hydrogens (tertiary/aromatic N) is 2. The highest BCUT2D eigenvalue weighted by atomic mass is 32.1. The maximum atomic E-state index is 10.8. The molecule has 112 valence electrons. The van der Waals surface area contributed by atoms with Crippen molar-refractivity contribution in [3.63, 3.8) is 0 Å². The van der Waals surface area contributed by atoms with E-state index in [1.165, 1.54) is 17.4 Å². The number of nitrogens with one attached hydrogen (secondary N) is 1. The lowest BCUT2D eigenvalue weighted by Crippen LogP contribution is -2.28. The van der Waals surface area contributed by atoms with Crippen molar-refractivity contribution in [3.05, 3.63) is 28.3 Å². The lowest BCUT2D eigenvalue weighted by atomic mass is 9.86. The summed E-state index contributed by atoms with van der Waals surface area (Å²) < 4.78 is 0.849. The van der Waals surface area contributed by atoms with Crippen LogP contribution < -0.4 is 11.1 Å².